The standard InChI is InChI=1S/C17H21N5O3S/c1-13-4-10-16(11-5-13)26(23,24)25-21-17(18)20-19-12-14-6-8-15(9-7-14)22(2)3/h4-12H,1-3H3,(H3,18,20,21). The molecule has 0 heterocycles. The number of hydrogen-bond donors (Lipinski definition) is 2. The SMILES string of the molecule is Cc1ccc(S(=O)(=O)ON=C(N)NN=Cc2ccc(N(C)C)cc2)cc1. The lowest BCUT2D eigenvalue weighted by Gasteiger charge is -2.11. The highest BCUT2D eigenvalue weighted by atomic mass is 32.2. The molecule has 0 unspecified atom stereocenters. The van der Waals surface area contributed by atoms with Crippen molar-refractivity contribution in [3.63, 3.8) is 0 Å². The number of aryl methyl sites for hydroxylation is 1. The maximum Gasteiger partial charge on any atom is 0.358 e. The Kier molecular flexibility index (Phi) is 6.18. The van der Waals surface area contributed by atoms with Crippen molar-refractivity contribution >= 4 is 28.0 Å². The van der Waals surface area contributed by atoms with E-state index >= 15 is 0 Å². The predicted octanol–water partition coefficient (Wildman–Crippen LogP) is 1.62. The van der Waals surface area contributed by atoms with Crippen LogP contribution in [-0.4, -0.2) is 34.7 Å². The summed E-state index contributed by atoms with van der Waals surface area (Å²) >= 11 is 0. The van der Waals surface area contributed by atoms with Gasteiger partial charge in [-0.15, -0.1) is 0 Å². The summed E-state index contributed by atoms with van der Waals surface area (Å²) in [5.41, 5.74) is 10.8. The number of nitrogens with two attached hydrogens (primary N) is 1. The van der Waals surface area contributed by atoms with Crippen molar-refractivity contribution in [3.8, 4) is 0 Å². The van der Waals surface area contributed by atoms with Gasteiger partial charge in [0.1, 0.15) is 4.90 Å². The average Bonchev–Trinajstić information content (AvgIpc) is 2.61. The first-order valence-electron chi connectivity index (χ1n) is 7.68. The van der Waals surface area contributed by atoms with E-state index in [4.69, 9.17) is 5.73 Å². The molecule has 2 aromatic rings. The number of oxime groups is 1. The molecule has 0 atom stereocenters. The van der Waals surface area contributed by atoms with Gasteiger partial charge in [0.05, 0.1) is 6.21 Å². The molecule has 2 rings (SSSR count). The lowest BCUT2D eigenvalue weighted by molar-refractivity contribution is 0.336. The maximum atomic E-state index is 12.0. The van der Waals surface area contributed by atoms with E-state index in [1.54, 1.807) is 12.1 Å². The summed E-state index contributed by atoms with van der Waals surface area (Å²) in [6.07, 6.45) is 1.52. The highest BCUT2D eigenvalue weighted by Crippen LogP contribution is 2.13. The summed E-state index contributed by atoms with van der Waals surface area (Å²) in [5, 5.41) is 7.22. The number of nitrogens with zero attached hydrogens (tertiary/aromatic N) is 3. The second-order valence-corrected chi connectivity index (χ2v) is 7.20. The molecule has 0 aliphatic heterocycles. The summed E-state index contributed by atoms with van der Waals surface area (Å²) in [7, 11) is -0.125. The maximum absolute atomic E-state index is 12.0. The van der Waals surface area contributed by atoms with Gasteiger partial charge in [0, 0.05) is 19.8 Å². The van der Waals surface area contributed by atoms with Crippen LogP contribution in [0, 0.1) is 6.92 Å². The van der Waals surface area contributed by atoms with Crippen LogP contribution in [0.2, 0.25) is 0 Å². The molecular weight excluding hydrogens is 354 g/mol. The Hall–Kier alpha value is -3.07. The molecular formula is C17H21N5O3S. The zero-order valence-corrected chi connectivity index (χ0v) is 15.6. The first kappa shape index (κ1) is 19.3. The van der Waals surface area contributed by atoms with Gasteiger partial charge in [-0.1, -0.05) is 29.8 Å². The first-order valence-corrected chi connectivity index (χ1v) is 9.09. The summed E-state index contributed by atoms with van der Waals surface area (Å²) < 4.78 is 28.5. The van der Waals surface area contributed by atoms with Gasteiger partial charge in [-0.25, -0.2) is 5.43 Å². The predicted molar refractivity (Wildman–Crippen MR) is 103 cm³/mol. The molecule has 138 valence electrons. The van der Waals surface area contributed by atoms with Gasteiger partial charge in [-0.3, -0.25) is 4.28 Å². The van der Waals surface area contributed by atoms with E-state index in [0.29, 0.717) is 0 Å². The molecule has 0 amide bonds. The molecule has 26 heavy (non-hydrogen) atoms. The highest BCUT2D eigenvalue weighted by molar-refractivity contribution is 7.86. The molecule has 8 nitrogen and oxygen atoms in total. The number of benzene rings is 2. The fourth-order valence-corrected chi connectivity index (χ4v) is 2.62. The second-order valence-electron chi connectivity index (χ2n) is 5.67. The smallest absolute Gasteiger partial charge is 0.358 e. The normalized spacial score (nSPS) is 12.2. The second kappa shape index (κ2) is 8.34. The van der Waals surface area contributed by atoms with E-state index in [9.17, 15) is 8.42 Å². The van der Waals surface area contributed by atoms with Crippen LogP contribution in [0.1, 0.15) is 11.1 Å². The largest absolute Gasteiger partial charge is 0.378 e. The topological polar surface area (TPSA) is 109 Å². The molecule has 9 heteroatoms. The third-order valence-electron chi connectivity index (χ3n) is 3.35. The van der Waals surface area contributed by atoms with Crippen molar-refractivity contribution < 1.29 is 12.7 Å². The lowest BCUT2D eigenvalue weighted by Crippen LogP contribution is -2.28. The number of nitrogens with one attached hydrogen (secondary N) is 1. The van der Waals surface area contributed by atoms with Crippen LogP contribution in [0.25, 0.3) is 0 Å². The van der Waals surface area contributed by atoms with E-state index in [1.165, 1.54) is 18.3 Å². The molecule has 2 aromatic carbocycles. The molecule has 0 fully saturated rings. The Balaban J connectivity index is 1.94. The van der Waals surface area contributed by atoms with Gasteiger partial charge < -0.3 is 10.6 Å². The molecule has 0 aliphatic rings. The van der Waals surface area contributed by atoms with Crippen LogP contribution in [0.4, 0.5) is 5.69 Å². The fourth-order valence-electron chi connectivity index (χ4n) is 1.89. The van der Waals surface area contributed by atoms with E-state index in [1.807, 2.05) is 50.2 Å². The Morgan fingerprint density at radius 3 is 2.31 bits per heavy atom. The van der Waals surface area contributed by atoms with Crippen molar-refractivity contribution in [2.24, 2.45) is 16.0 Å². The summed E-state index contributed by atoms with van der Waals surface area (Å²) in [5.74, 6) is -0.290. The van der Waals surface area contributed by atoms with Gasteiger partial charge in [-0.2, -0.15) is 13.5 Å². The van der Waals surface area contributed by atoms with Crippen molar-refractivity contribution in [1.82, 2.24) is 5.43 Å². The van der Waals surface area contributed by atoms with Crippen molar-refractivity contribution in [2.45, 2.75) is 11.8 Å². The minimum Gasteiger partial charge on any atom is -0.378 e. The average molecular weight is 375 g/mol. The molecule has 0 saturated carbocycles. The number of rotatable bonds is 6. The fraction of sp³-hybridized carbons (Fsp3) is 0.176. The minimum absolute atomic E-state index is 0.0101. The van der Waals surface area contributed by atoms with E-state index in [-0.39, 0.29) is 10.9 Å². The third kappa shape index (κ3) is 5.49. The zero-order valence-electron chi connectivity index (χ0n) is 14.7. The molecule has 0 aliphatic carbocycles. The Morgan fingerprint density at radius 1 is 1.12 bits per heavy atom. The first-order chi connectivity index (χ1) is 12.3. The third-order valence-corrected chi connectivity index (χ3v) is 4.47. The Morgan fingerprint density at radius 2 is 1.73 bits per heavy atom. The quantitative estimate of drug-likeness (QED) is 0.451. The van der Waals surface area contributed by atoms with E-state index in [0.717, 1.165) is 16.8 Å². The molecule has 0 radical (unpaired) electrons. The van der Waals surface area contributed by atoms with Gasteiger partial charge in [0.2, 0.25) is 0 Å². The molecule has 0 spiro atoms. The minimum atomic E-state index is -4.03. The Bertz CT molecular complexity index is 889. The van der Waals surface area contributed by atoms with Crippen molar-refractivity contribution in [3.05, 3.63) is 59.7 Å². The van der Waals surface area contributed by atoms with Gasteiger partial charge >= 0.3 is 10.1 Å². The van der Waals surface area contributed by atoms with Crippen LogP contribution >= 0.6 is 0 Å². The van der Waals surface area contributed by atoms with Crippen LogP contribution < -0.4 is 16.1 Å². The van der Waals surface area contributed by atoms with Gasteiger partial charge in [0.15, 0.2) is 0 Å². The lowest BCUT2D eigenvalue weighted by atomic mass is 10.2. The summed E-state index contributed by atoms with van der Waals surface area (Å²) in [4.78, 5) is 1.97. The summed E-state index contributed by atoms with van der Waals surface area (Å²) in [6.45, 7) is 1.85. The Labute approximate surface area is 153 Å². The molecule has 0 bridgehead atoms. The van der Waals surface area contributed by atoms with Crippen molar-refractivity contribution in [2.75, 3.05) is 19.0 Å². The molecule has 0 aromatic heterocycles. The zero-order chi connectivity index (χ0) is 19.2. The number of hydrogen-bond acceptors (Lipinski definition) is 6. The number of anilines is 1. The highest BCUT2D eigenvalue weighted by Gasteiger charge is 2.15. The van der Waals surface area contributed by atoms with Crippen LogP contribution in [0.15, 0.2) is 63.7 Å². The number of guanidine groups is 1. The van der Waals surface area contributed by atoms with Crippen molar-refractivity contribution in [1.29, 1.82) is 0 Å². The van der Waals surface area contributed by atoms with Crippen LogP contribution in [0.3, 0.4) is 0 Å². The summed E-state index contributed by atoms with van der Waals surface area (Å²) in [6, 6.07) is 13.8. The van der Waals surface area contributed by atoms with E-state index < -0.39 is 10.1 Å². The van der Waals surface area contributed by atoms with Crippen LogP contribution in [-0.2, 0) is 14.4 Å². The van der Waals surface area contributed by atoms with Gasteiger partial charge in [0.25, 0.3) is 5.96 Å². The number of hydrazone groups is 1. The van der Waals surface area contributed by atoms with Crippen LogP contribution in [0.5, 0.6) is 0 Å². The molecule has 3 N–H and O–H groups in total. The van der Waals surface area contributed by atoms with Gasteiger partial charge in [-0.05, 0) is 41.9 Å². The van der Waals surface area contributed by atoms with E-state index in [2.05, 4.69) is 20.0 Å². The molecule has 0 saturated heterocycles. The monoisotopic (exact) mass is 375 g/mol.